The first-order valence-corrected chi connectivity index (χ1v) is 10.2. The van der Waals surface area contributed by atoms with E-state index in [0.717, 1.165) is 5.69 Å². The maximum absolute atomic E-state index is 13.2. The summed E-state index contributed by atoms with van der Waals surface area (Å²) in [6.45, 7) is 7.89. The van der Waals surface area contributed by atoms with Crippen molar-refractivity contribution in [2.24, 2.45) is 0 Å². The van der Waals surface area contributed by atoms with E-state index in [1.165, 1.54) is 4.90 Å². The Labute approximate surface area is 187 Å². The number of hydrogen-bond donors (Lipinski definition) is 0. The van der Waals surface area contributed by atoms with Gasteiger partial charge in [0.1, 0.15) is 5.70 Å². The molecular formula is C23H23ClN2O3S. The molecule has 0 aromatic heterocycles. The quantitative estimate of drug-likeness (QED) is 0.331. The third kappa shape index (κ3) is 4.35. The van der Waals surface area contributed by atoms with Crippen molar-refractivity contribution < 1.29 is 14.3 Å². The molecule has 1 heterocycles. The van der Waals surface area contributed by atoms with E-state index in [1.807, 2.05) is 44.2 Å². The van der Waals surface area contributed by atoms with Gasteiger partial charge < -0.3 is 9.47 Å². The Morgan fingerprint density at radius 2 is 1.90 bits per heavy atom. The highest BCUT2D eigenvalue weighted by molar-refractivity contribution is 7.80. The molecule has 0 bridgehead atoms. The van der Waals surface area contributed by atoms with E-state index >= 15 is 0 Å². The highest BCUT2D eigenvalue weighted by Crippen LogP contribution is 2.37. The van der Waals surface area contributed by atoms with E-state index in [9.17, 15) is 4.79 Å². The van der Waals surface area contributed by atoms with Gasteiger partial charge in [-0.15, -0.1) is 6.58 Å². The van der Waals surface area contributed by atoms with Gasteiger partial charge in [0, 0.05) is 18.3 Å². The molecule has 3 rings (SSSR count). The average molecular weight is 443 g/mol. The first-order chi connectivity index (χ1) is 14.4. The van der Waals surface area contributed by atoms with Gasteiger partial charge in [0.05, 0.1) is 18.2 Å². The predicted molar refractivity (Wildman–Crippen MR) is 125 cm³/mol. The number of nitrogens with zero attached hydrogens (tertiary/aromatic N) is 2. The summed E-state index contributed by atoms with van der Waals surface area (Å²) in [5.41, 5.74) is 1.81. The van der Waals surface area contributed by atoms with E-state index in [2.05, 4.69) is 6.58 Å². The Bertz CT molecular complexity index is 1010. The number of amides is 1. The smallest absolute Gasteiger partial charge is 0.277 e. The van der Waals surface area contributed by atoms with Crippen LogP contribution < -0.4 is 14.4 Å². The SMILES string of the molecule is C=CCN1C(=O)C(=Cc2cc(OC)c(OC(C)C)cc2Cl)N(c2ccccc2)C1=S. The maximum atomic E-state index is 13.2. The van der Waals surface area contributed by atoms with Crippen molar-refractivity contribution in [2.75, 3.05) is 18.6 Å². The fourth-order valence-corrected chi connectivity index (χ4v) is 3.67. The van der Waals surface area contributed by atoms with Crippen molar-refractivity contribution >= 4 is 46.6 Å². The summed E-state index contributed by atoms with van der Waals surface area (Å²) in [6, 6.07) is 12.9. The lowest BCUT2D eigenvalue weighted by molar-refractivity contribution is -0.121. The lowest BCUT2D eigenvalue weighted by Crippen LogP contribution is -2.32. The van der Waals surface area contributed by atoms with Crippen LogP contribution in [-0.4, -0.2) is 35.7 Å². The third-order valence-electron chi connectivity index (χ3n) is 4.39. The van der Waals surface area contributed by atoms with Crippen LogP contribution >= 0.6 is 23.8 Å². The molecule has 0 N–H and O–H groups in total. The van der Waals surface area contributed by atoms with Crippen LogP contribution in [0.3, 0.4) is 0 Å². The Morgan fingerprint density at radius 3 is 2.50 bits per heavy atom. The first-order valence-electron chi connectivity index (χ1n) is 9.45. The number of anilines is 1. The Balaban J connectivity index is 2.12. The summed E-state index contributed by atoms with van der Waals surface area (Å²) < 4.78 is 11.2. The molecule has 156 valence electrons. The van der Waals surface area contributed by atoms with Crippen molar-refractivity contribution in [3.8, 4) is 11.5 Å². The van der Waals surface area contributed by atoms with Crippen LogP contribution in [0.15, 0.2) is 60.8 Å². The summed E-state index contributed by atoms with van der Waals surface area (Å²) in [7, 11) is 1.56. The zero-order valence-electron chi connectivity index (χ0n) is 17.1. The summed E-state index contributed by atoms with van der Waals surface area (Å²) in [6.07, 6.45) is 3.33. The lowest BCUT2D eigenvalue weighted by Gasteiger charge is -2.20. The van der Waals surface area contributed by atoms with Crippen molar-refractivity contribution in [3.63, 3.8) is 0 Å². The van der Waals surface area contributed by atoms with Gasteiger partial charge in [-0.05, 0) is 55.9 Å². The van der Waals surface area contributed by atoms with Crippen LogP contribution in [0.1, 0.15) is 19.4 Å². The van der Waals surface area contributed by atoms with E-state index in [0.29, 0.717) is 39.4 Å². The number of para-hydroxylation sites is 1. The van der Waals surface area contributed by atoms with Crippen LogP contribution in [0.2, 0.25) is 5.02 Å². The number of methoxy groups -OCH3 is 1. The van der Waals surface area contributed by atoms with Crippen molar-refractivity contribution in [1.29, 1.82) is 0 Å². The van der Waals surface area contributed by atoms with Gasteiger partial charge in [-0.3, -0.25) is 14.6 Å². The molecule has 7 heteroatoms. The van der Waals surface area contributed by atoms with Crippen LogP contribution in [0, 0.1) is 0 Å². The summed E-state index contributed by atoms with van der Waals surface area (Å²) in [4.78, 5) is 16.4. The first kappa shape index (κ1) is 21.9. The van der Waals surface area contributed by atoms with Gasteiger partial charge in [-0.2, -0.15) is 0 Å². The van der Waals surface area contributed by atoms with Gasteiger partial charge in [-0.25, -0.2) is 0 Å². The Morgan fingerprint density at radius 1 is 1.20 bits per heavy atom. The number of benzene rings is 2. The van der Waals surface area contributed by atoms with Gasteiger partial charge in [0.2, 0.25) is 0 Å². The summed E-state index contributed by atoms with van der Waals surface area (Å²) >= 11 is 12.1. The lowest BCUT2D eigenvalue weighted by atomic mass is 10.1. The van der Waals surface area contributed by atoms with Crippen molar-refractivity contribution in [2.45, 2.75) is 20.0 Å². The molecule has 1 amide bonds. The molecule has 0 saturated carbocycles. The van der Waals surface area contributed by atoms with E-state index in [1.54, 1.807) is 36.3 Å². The van der Waals surface area contributed by atoms with Crippen LogP contribution in [-0.2, 0) is 4.79 Å². The van der Waals surface area contributed by atoms with Crippen LogP contribution in [0.4, 0.5) is 5.69 Å². The van der Waals surface area contributed by atoms with Crippen LogP contribution in [0.25, 0.3) is 6.08 Å². The van der Waals surface area contributed by atoms with Gasteiger partial charge in [-0.1, -0.05) is 35.9 Å². The fraction of sp³-hybridized carbons (Fsp3) is 0.217. The second-order valence-electron chi connectivity index (χ2n) is 6.88. The number of carbonyl (C=O) groups excluding carboxylic acids is 1. The molecule has 1 aliphatic rings. The van der Waals surface area contributed by atoms with Crippen molar-refractivity contribution in [1.82, 2.24) is 4.90 Å². The topological polar surface area (TPSA) is 42.0 Å². The van der Waals surface area contributed by atoms with Crippen LogP contribution in [0.5, 0.6) is 11.5 Å². The molecule has 2 aromatic rings. The number of carbonyl (C=O) groups is 1. The molecule has 2 aromatic carbocycles. The van der Waals surface area contributed by atoms with Gasteiger partial charge in [0.15, 0.2) is 16.6 Å². The molecule has 5 nitrogen and oxygen atoms in total. The minimum atomic E-state index is -0.221. The van der Waals surface area contributed by atoms with E-state index in [-0.39, 0.29) is 12.0 Å². The zero-order valence-corrected chi connectivity index (χ0v) is 18.7. The second-order valence-corrected chi connectivity index (χ2v) is 7.65. The number of ether oxygens (including phenoxy) is 2. The molecule has 1 aliphatic heterocycles. The highest BCUT2D eigenvalue weighted by Gasteiger charge is 2.38. The summed E-state index contributed by atoms with van der Waals surface area (Å²) in [5, 5.41) is 0.827. The summed E-state index contributed by atoms with van der Waals surface area (Å²) in [5.74, 6) is 0.851. The number of halogens is 1. The Kier molecular flexibility index (Phi) is 6.80. The van der Waals surface area contributed by atoms with E-state index < -0.39 is 0 Å². The Hall–Kier alpha value is -2.83. The minimum Gasteiger partial charge on any atom is -0.493 e. The third-order valence-corrected chi connectivity index (χ3v) is 5.12. The monoisotopic (exact) mass is 442 g/mol. The standard InChI is InChI=1S/C23H23ClN2O3S/c1-5-11-25-22(27)19(26(23(25)30)17-9-7-6-8-10-17)12-16-13-20(28-4)21(14-18(16)24)29-15(2)3/h5-10,12-15H,1,11H2,2-4H3. The highest BCUT2D eigenvalue weighted by atomic mass is 35.5. The molecule has 1 fully saturated rings. The zero-order chi connectivity index (χ0) is 21.8. The molecule has 0 aliphatic carbocycles. The molecule has 30 heavy (non-hydrogen) atoms. The van der Waals surface area contributed by atoms with E-state index in [4.69, 9.17) is 33.3 Å². The molecule has 0 radical (unpaired) electrons. The van der Waals surface area contributed by atoms with Gasteiger partial charge in [0.25, 0.3) is 5.91 Å². The normalized spacial score (nSPS) is 15.3. The number of rotatable bonds is 7. The predicted octanol–water partition coefficient (Wildman–Crippen LogP) is 5.30. The molecular weight excluding hydrogens is 420 g/mol. The molecule has 0 atom stereocenters. The molecule has 1 saturated heterocycles. The molecule has 0 spiro atoms. The largest absolute Gasteiger partial charge is 0.493 e. The second kappa shape index (κ2) is 9.32. The van der Waals surface area contributed by atoms with Gasteiger partial charge >= 0.3 is 0 Å². The number of hydrogen-bond acceptors (Lipinski definition) is 4. The fourth-order valence-electron chi connectivity index (χ4n) is 3.10. The minimum absolute atomic E-state index is 0.0333. The average Bonchev–Trinajstić information content (AvgIpc) is 2.94. The molecule has 0 unspecified atom stereocenters. The van der Waals surface area contributed by atoms with Crippen molar-refractivity contribution in [3.05, 3.63) is 71.4 Å². The number of thiocarbonyl (C=S) groups is 1. The maximum Gasteiger partial charge on any atom is 0.277 e.